The summed E-state index contributed by atoms with van der Waals surface area (Å²) in [5.41, 5.74) is 0.281. The van der Waals surface area contributed by atoms with Gasteiger partial charge in [-0.05, 0) is 13.3 Å². The fourth-order valence-electron chi connectivity index (χ4n) is 2.05. The van der Waals surface area contributed by atoms with Crippen molar-refractivity contribution >= 4 is 29.9 Å². The first-order valence-electron chi connectivity index (χ1n) is 7.14. The maximum absolute atomic E-state index is 5.25. The lowest BCUT2D eigenvalue weighted by Gasteiger charge is -2.38. The van der Waals surface area contributed by atoms with Crippen LogP contribution in [-0.2, 0) is 4.74 Å². The van der Waals surface area contributed by atoms with Crippen molar-refractivity contribution in [3.05, 3.63) is 0 Å². The van der Waals surface area contributed by atoms with Gasteiger partial charge in [-0.2, -0.15) is 0 Å². The number of unbranched alkanes of at least 4 members (excludes halogenated alkanes) is 2. The molecular weight excluding hydrogens is 353 g/mol. The van der Waals surface area contributed by atoms with Crippen LogP contribution in [-0.4, -0.2) is 38.8 Å². The Morgan fingerprint density at radius 2 is 2.05 bits per heavy atom. The molecule has 4 nitrogen and oxygen atoms in total. The molecule has 0 aliphatic carbocycles. The van der Waals surface area contributed by atoms with Gasteiger partial charge in [0.15, 0.2) is 5.96 Å². The molecule has 1 atom stereocenters. The van der Waals surface area contributed by atoms with Gasteiger partial charge in [0.1, 0.15) is 0 Å². The second-order valence-electron chi connectivity index (χ2n) is 5.77. The number of hydrogen-bond acceptors (Lipinski definition) is 2. The summed E-state index contributed by atoms with van der Waals surface area (Å²) in [5.74, 6) is 0.909. The van der Waals surface area contributed by atoms with Gasteiger partial charge >= 0.3 is 0 Å². The van der Waals surface area contributed by atoms with Crippen LogP contribution in [0.1, 0.15) is 46.5 Å². The van der Waals surface area contributed by atoms with Gasteiger partial charge in [0.05, 0.1) is 13.2 Å². The Morgan fingerprint density at radius 3 is 2.53 bits per heavy atom. The minimum atomic E-state index is 0. The quantitative estimate of drug-likeness (QED) is 0.308. The Kier molecular flexibility index (Phi) is 9.78. The summed E-state index contributed by atoms with van der Waals surface area (Å²) in [6, 6.07) is 0.480. The summed E-state index contributed by atoms with van der Waals surface area (Å²) in [6.07, 6.45) is 5.08. The second-order valence-corrected chi connectivity index (χ2v) is 5.77. The Labute approximate surface area is 135 Å². The number of hydrogen-bond donors (Lipinski definition) is 2. The summed E-state index contributed by atoms with van der Waals surface area (Å²) in [6.45, 7) is 9.32. The van der Waals surface area contributed by atoms with Crippen LogP contribution in [0.2, 0.25) is 0 Å². The Morgan fingerprint density at radius 1 is 1.37 bits per heavy atom. The molecule has 1 rings (SSSR count). The van der Waals surface area contributed by atoms with Crippen molar-refractivity contribution in [1.82, 2.24) is 10.6 Å². The SMILES string of the molecule is CCCCCC(C)NC(=NC)NCC1(C)COC1.I. The lowest BCUT2D eigenvalue weighted by molar-refractivity contribution is -0.0971. The monoisotopic (exact) mass is 383 g/mol. The van der Waals surface area contributed by atoms with E-state index in [1.807, 2.05) is 7.05 Å². The van der Waals surface area contributed by atoms with Gasteiger partial charge in [-0.25, -0.2) is 0 Å². The van der Waals surface area contributed by atoms with E-state index in [1.54, 1.807) is 0 Å². The molecule has 1 fully saturated rings. The van der Waals surface area contributed by atoms with Crippen LogP contribution in [0.5, 0.6) is 0 Å². The highest BCUT2D eigenvalue weighted by atomic mass is 127. The molecule has 19 heavy (non-hydrogen) atoms. The zero-order valence-corrected chi connectivity index (χ0v) is 15.1. The molecule has 0 amide bonds. The van der Waals surface area contributed by atoms with Crippen LogP contribution in [0.15, 0.2) is 4.99 Å². The molecule has 2 N–H and O–H groups in total. The fraction of sp³-hybridized carbons (Fsp3) is 0.929. The van der Waals surface area contributed by atoms with Crippen molar-refractivity contribution in [2.45, 2.75) is 52.5 Å². The molecular formula is C14H30IN3O. The largest absolute Gasteiger partial charge is 0.380 e. The van der Waals surface area contributed by atoms with E-state index in [-0.39, 0.29) is 29.4 Å². The van der Waals surface area contributed by atoms with E-state index in [0.717, 1.165) is 25.7 Å². The molecule has 1 aliphatic rings. The number of ether oxygens (including phenoxy) is 1. The van der Waals surface area contributed by atoms with E-state index in [0.29, 0.717) is 6.04 Å². The van der Waals surface area contributed by atoms with Crippen molar-refractivity contribution < 1.29 is 4.74 Å². The van der Waals surface area contributed by atoms with Gasteiger partial charge in [-0.15, -0.1) is 24.0 Å². The smallest absolute Gasteiger partial charge is 0.191 e. The summed E-state index contributed by atoms with van der Waals surface area (Å²) in [4.78, 5) is 4.27. The van der Waals surface area contributed by atoms with Crippen molar-refractivity contribution in [2.75, 3.05) is 26.8 Å². The Bertz CT molecular complexity index is 267. The Balaban J connectivity index is 0.00000324. The third kappa shape index (κ3) is 7.34. The van der Waals surface area contributed by atoms with E-state index >= 15 is 0 Å². The number of halogens is 1. The van der Waals surface area contributed by atoms with Gasteiger partial charge in [0, 0.05) is 25.0 Å². The van der Waals surface area contributed by atoms with Crippen molar-refractivity contribution in [3.8, 4) is 0 Å². The van der Waals surface area contributed by atoms with Gasteiger partial charge in [-0.1, -0.05) is 33.1 Å². The highest BCUT2D eigenvalue weighted by Crippen LogP contribution is 2.24. The van der Waals surface area contributed by atoms with Crippen LogP contribution >= 0.6 is 24.0 Å². The lowest BCUT2D eigenvalue weighted by atomic mass is 9.89. The molecule has 0 saturated carbocycles. The van der Waals surface area contributed by atoms with Gasteiger partial charge in [0.25, 0.3) is 0 Å². The van der Waals surface area contributed by atoms with Crippen LogP contribution in [0.4, 0.5) is 0 Å². The lowest BCUT2D eigenvalue weighted by Crippen LogP contribution is -2.52. The van der Waals surface area contributed by atoms with Crippen molar-refractivity contribution in [1.29, 1.82) is 0 Å². The molecule has 1 saturated heterocycles. The van der Waals surface area contributed by atoms with Crippen LogP contribution in [0.3, 0.4) is 0 Å². The number of nitrogens with one attached hydrogen (secondary N) is 2. The molecule has 0 aromatic rings. The highest BCUT2D eigenvalue weighted by Gasteiger charge is 2.33. The molecule has 0 aromatic carbocycles. The third-order valence-corrected chi connectivity index (χ3v) is 3.43. The first kappa shape index (κ1) is 19.0. The van der Waals surface area contributed by atoms with Crippen LogP contribution in [0.25, 0.3) is 0 Å². The topological polar surface area (TPSA) is 45.7 Å². The van der Waals surface area contributed by atoms with Gasteiger partial charge in [-0.3, -0.25) is 4.99 Å². The third-order valence-electron chi connectivity index (χ3n) is 3.43. The van der Waals surface area contributed by atoms with Crippen molar-refractivity contribution in [3.63, 3.8) is 0 Å². The standard InChI is InChI=1S/C14H29N3O.HI/c1-5-6-7-8-12(2)17-13(15-4)16-9-14(3)10-18-11-14;/h12H,5-11H2,1-4H3,(H2,15,16,17);1H. The minimum Gasteiger partial charge on any atom is -0.380 e. The average Bonchev–Trinajstić information content (AvgIpc) is 2.32. The van der Waals surface area contributed by atoms with E-state index < -0.39 is 0 Å². The molecule has 0 radical (unpaired) electrons. The average molecular weight is 383 g/mol. The fourth-order valence-corrected chi connectivity index (χ4v) is 2.05. The normalized spacial score (nSPS) is 19.1. The number of aliphatic imine (C=N–C) groups is 1. The summed E-state index contributed by atoms with van der Waals surface area (Å²) < 4.78 is 5.25. The van der Waals surface area contributed by atoms with Crippen LogP contribution in [0, 0.1) is 5.41 Å². The zero-order valence-electron chi connectivity index (χ0n) is 12.8. The summed E-state index contributed by atoms with van der Waals surface area (Å²) >= 11 is 0. The number of rotatable bonds is 7. The Hall–Kier alpha value is -0.0400. The maximum Gasteiger partial charge on any atom is 0.191 e. The van der Waals surface area contributed by atoms with Gasteiger partial charge in [0.2, 0.25) is 0 Å². The number of nitrogens with zero attached hydrogens (tertiary/aromatic N) is 1. The predicted molar refractivity (Wildman–Crippen MR) is 92.4 cm³/mol. The molecule has 0 aromatic heterocycles. The molecule has 114 valence electrons. The van der Waals surface area contributed by atoms with Gasteiger partial charge < -0.3 is 15.4 Å². The van der Waals surface area contributed by atoms with Crippen LogP contribution < -0.4 is 10.6 Å². The van der Waals surface area contributed by atoms with E-state index in [4.69, 9.17) is 4.74 Å². The second kappa shape index (κ2) is 9.80. The molecule has 1 aliphatic heterocycles. The molecule has 1 heterocycles. The molecule has 0 bridgehead atoms. The van der Waals surface area contributed by atoms with E-state index in [1.165, 1.54) is 25.7 Å². The minimum absolute atomic E-state index is 0. The highest BCUT2D eigenvalue weighted by molar-refractivity contribution is 14.0. The molecule has 0 spiro atoms. The summed E-state index contributed by atoms with van der Waals surface area (Å²) in [5, 5.41) is 6.84. The zero-order chi connectivity index (χ0) is 13.4. The van der Waals surface area contributed by atoms with Crippen molar-refractivity contribution in [2.24, 2.45) is 10.4 Å². The van der Waals surface area contributed by atoms with E-state index in [9.17, 15) is 0 Å². The predicted octanol–water partition coefficient (Wildman–Crippen LogP) is 2.77. The first-order chi connectivity index (χ1) is 8.59. The first-order valence-corrected chi connectivity index (χ1v) is 7.14. The number of guanidine groups is 1. The molecule has 5 heteroatoms. The van der Waals surface area contributed by atoms with E-state index in [2.05, 4.69) is 36.4 Å². The maximum atomic E-state index is 5.25. The molecule has 1 unspecified atom stereocenters. The summed E-state index contributed by atoms with van der Waals surface area (Å²) in [7, 11) is 1.83.